The Morgan fingerprint density at radius 1 is 1.50 bits per heavy atom. The molecule has 0 atom stereocenters. The summed E-state index contributed by atoms with van der Waals surface area (Å²) in [5.41, 5.74) is 2.91. The monoisotopic (exact) mass is 242 g/mol. The van der Waals surface area contributed by atoms with E-state index in [0.717, 1.165) is 28.5 Å². The molecule has 0 radical (unpaired) electrons. The van der Waals surface area contributed by atoms with E-state index in [1.807, 2.05) is 24.3 Å². The lowest BCUT2D eigenvalue weighted by molar-refractivity contribution is 0.0685. The maximum absolute atomic E-state index is 11.3. The van der Waals surface area contributed by atoms with Crippen LogP contribution in [0.4, 0.5) is 0 Å². The summed E-state index contributed by atoms with van der Waals surface area (Å²) in [6.07, 6.45) is 0.904. The number of aromatic nitrogens is 1. The van der Waals surface area contributed by atoms with Gasteiger partial charge in [-0.2, -0.15) is 5.26 Å². The molecule has 4 heteroatoms. The molecule has 0 aliphatic carbocycles. The van der Waals surface area contributed by atoms with Crippen LogP contribution in [0.3, 0.4) is 0 Å². The molecule has 2 aromatic rings. The number of nitrogens with zero attached hydrogens (tertiary/aromatic N) is 2. The van der Waals surface area contributed by atoms with Crippen molar-refractivity contribution in [2.24, 2.45) is 0 Å². The molecule has 2 rings (SSSR count). The van der Waals surface area contributed by atoms with Crippen molar-refractivity contribution in [3.05, 3.63) is 35.0 Å². The Morgan fingerprint density at radius 2 is 2.22 bits per heavy atom. The number of hydrogen-bond donors (Lipinski definition) is 1. The minimum Gasteiger partial charge on any atom is -0.477 e. The second kappa shape index (κ2) is 4.53. The van der Waals surface area contributed by atoms with Crippen LogP contribution in [0, 0.1) is 18.3 Å². The zero-order valence-corrected chi connectivity index (χ0v) is 10.4. The van der Waals surface area contributed by atoms with E-state index in [9.17, 15) is 9.90 Å². The van der Waals surface area contributed by atoms with Gasteiger partial charge in [0.15, 0.2) is 0 Å². The van der Waals surface area contributed by atoms with Crippen LogP contribution in [0.1, 0.15) is 28.5 Å². The molecule has 1 aromatic heterocycles. The van der Waals surface area contributed by atoms with E-state index in [1.165, 1.54) is 0 Å². The number of benzene rings is 1. The fourth-order valence-electron chi connectivity index (χ4n) is 2.30. The molecule has 0 amide bonds. The molecule has 0 unspecified atom stereocenters. The van der Waals surface area contributed by atoms with Gasteiger partial charge in [0.05, 0.1) is 6.07 Å². The molecule has 0 saturated heterocycles. The van der Waals surface area contributed by atoms with Crippen LogP contribution in [-0.4, -0.2) is 15.6 Å². The molecule has 1 heterocycles. The largest absolute Gasteiger partial charge is 0.477 e. The van der Waals surface area contributed by atoms with Crippen LogP contribution in [0.5, 0.6) is 0 Å². The highest BCUT2D eigenvalue weighted by Crippen LogP contribution is 2.27. The molecule has 0 bridgehead atoms. The number of carboxylic acids is 1. The predicted octanol–water partition coefficient (Wildman–Crippen LogP) is 2.73. The van der Waals surface area contributed by atoms with Gasteiger partial charge >= 0.3 is 5.97 Å². The lowest BCUT2D eigenvalue weighted by Gasteiger charge is -2.03. The molecule has 0 spiro atoms. The minimum atomic E-state index is -0.989. The highest BCUT2D eigenvalue weighted by molar-refractivity contribution is 5.98. The predicted molar refractivity (Wildman–Crippen MR) is 68.6 cm³/mol. The number of nitriles is 1. The third kappa shape index (κ3) is 1.74. The summed E-state index contributed by atoms with van der Waals surface area (Å²) >= 11 is 0. The fourth-order valence-corrected chi connectivity index (χ4v) is 2.30. The molecule has 0 aliphatic rings. The number of carbonyl (C=O) groups is 1. The average Bonchev–Trinajstić information content (AvgIpc) is 2.63. The summed E-state index contributed by atoms with van der Waals surface area (Å²) in [5.74, 6) is -0.989. The summed E-state index contributed by atoms with van der Waals surface area (Å²) in [6.45, 7) is 3.90. The van der Waals surface area contributed by atoms with Crippen molar-refractivity contribution < 1.29 is 9.90 Å². The van der Waals surface area contributed by atoms with Crippen LogP contribution < -0.4 is 0 Å². The van der Waals surface area contributed by atoms with E-state index < -0.39 is 5.97 Å². The topological polar surface area (TPSA) is 66.0 Å². The van der Waals surface area contributed by atoms with Gasteiger partial charge in [0.25, 0.3) is 0 Å². The van der Waals surface area contributed by atoms with Gasteiger partial charge in [-0.05, 0) is 36.6 Å². The Morgan fingerprint density at radius 3 is 2.78 bits per heavy atom. The quantitative estimate of drug-likeness (QED) is 0.899. The van der Waals surface area contributed by atoms with E-state index in [0.29, 0.717) is 0 Å². The SMILES string of the molecule is CCc1ccc2c(c1)c(C)c(C(=O)O)n2CC#N. The van der Waals surface area contributed by atoms with Gasteiger partial charge < -0.3 is 9.67 Å². The maximum Gasteiger partial charge on any atom is 0.352 e. The van der Waals surface area contributed by atoms with Crippen LogP contribution in [0.25, 0.3) is 10.9 Å². The van der Waals surface area contributed by atoms with Gasteiger partial charge in [-0.15, -0.1) is 0 Å². The van der Waals surface area contributed by atoms with E-state index in [4.69, 9.17) is 5.26 Å². The summed E-state index contributed by atoms with van der Waals surface area (Å²) in [5, 5.41) is 19.0. The van der Waals surface area contributed by atoms with E-state index >= 15 is 0 Å². The second-order valence-electron chi connectivity index (χ2n) is 4.23. The van der Waals surface area contributed by atoms with Crippen molar-refractivity contribution in [3.8, 4) is 6.07 Å². The molecule has 0 aliphatic heterocycles. The molecule has 0 saturated carbocycles. The number of fused-ring (bicyclic) bond motifs is 1. The van der Waals surface area contributed by atoms with E-state index in [2.05, 4.69) is 6.92 Å². The molecule has 18 heavy (non-hydrogen) atoms. The van der Waals surface area contributed by atoms with Gasteiger partial charge in [0.1, 0.15) is 12.2 Å². The Balaban J connectivity index is 2.83. The van der Waals surface area contributed by atoms with Crippen molar-refractivity contribution in [2.75, 3.05) is 0 Å². The smallest absolute Gasteiger partial charge is 0.352 e. The van der Waals surface area contributed by atoms with E-state index in [-0.39, 0.29) is 12.2 Å². The van der Waals surface area contributed by atoms with Crippen molar-refractivity contribution in [1.82, 2.24) is 4.57 Å². The maximum atomic E-state index is 11.3. The molecule has 92 valence electrons. The molecule has 0 fully saturated rings. The van der Waals surface area contributed by atoms with Crippen molar-refractivity contribution in [2.45, 2.75) is 26.8 Å². The zero-order valence-electron chi connectivity index (χ0n) is 10.4. The minimum absolute atomic E-state index is 0.0530. The highest BCUT2D eigenvalue weighted by atomic mass is 16.4. The lowest BCUT2D eigenvalue weighted by atomic mass is 10.1. The normalized spacial score (nSPS) is 10.5. The summed E-state index contributed by atoms with van der Waals surface area (Å²) in [7, 11) is 0. The number of hydrogen-bond acceptors (Lipinski definition) is 2. The first-order chi connectivity index (χ1) is 8.60. The van der Waals surface area contributed by atoms with Crippen LogP contribution in [-0.2, 0) is 13.0 Å². The number of aryl methyl sites for hydroxylation is 2. The van der Waals surface area contributed by atoms with Crippen LogP contribution in [0.2, 0.25) is 0 Å². The molecule has 1 aromatic carbocycles. The Hall–Kier alpha value is -2.28. The Labute approximate surface area is 105 Å². The third-order valence-electron chi connectivity index (χ3n) is 3.22. The number of carboxylic acid groups (broad SMARTS) is 1. The van der Waals surface area contributed by atoms with Gasteiger partial charge in [0, 0.05) is 10.9 Å². The Bertz CT molecular complexity index is 662. The van der Waals surface area contributed by atoms with Crippen LogP contribution in [0.15, 0.2) is 18.2 Å². The van der Waals surface area contributed by atoms with Gasteiger partial charge in [-0.3, -0.25) is 0 Å². The first-order valence-electron chi connectivity index (χ1n) is 5.82. The van der Waals surface area contributed by atoms with Gasteiger partial charge in [0.2, 0.25) is 0 Å². The summed E-state index contributed by atoms with van der Waals surface area (Å²) < 4.78 is 1.56. The summed E-state index contributed by atoms with van der Waals surface area (Å²) in [4.78, 5) is 11.3. The van der Waals surface area contributed by atoms with Crippen molar-refractivity contribution in [1.29, 1.82) is 5.26 Å². The standard InChI is InChI=1S/C14H14N2O2/c1-3-10-4-5-12-11(8-10)9(2)13(14(17)18)16(12)7-6-15/h4-5,8H,3,7H2,1-2H3,(H,17,18). The molecular weight excluding hydrogens is 228 g/mol. The number of rotatable bonds is 3. The average molecular weight is 242 g/mol. The van der Waals surface area contributed by atoms with Crippen LogP contribution >= 0.6 is 0 Å². The van der Waals surface area contributed by atoms with E-state index in [1.54, 1.807) is 11.5 Å². The van der Waals surface area contributed by atoms with Crippen molar-refractivity contribution in [3.63, 3.8) is 0 Å². The highest BCUT2D eigenvalue weighted by Gasteiger charge is 2.19. The second-order valence-corrected chi connectivity index (χ2v) is 4.23. The first kappa shape index (κ1) is 12.2. The fraction of sp³-hybridized carbons (Fsp3) is 0.286. The lowest BCUT2D eigenvalue weighted by Crippen LogP contribution is -2.08. The summed E-state index contributed by atoms with van der Waals surface area (Å²) in [6, 6.07) is 7.89. The third-order valence-corrected chi connectivity index (χ3v) is 3.22. The van der Waals surface area contributed by atoms with Gasteiger partial charge in [-0.1, -0.05) is 13.0 Å². The van der Waals surface area contributed by atoms with Gasteiger partial charge in [-0.25, -0.2) is 4.79 Å². The first-order valence-corrected chi connectivity index (χ1v) is 5.82. The molecule has 1 N–H and O–H groups in total. The van der Waals surface area contributed by atoms with Crippen molar-refractivity contribution >= 4 is 16.9 Å². The molecular formula is C14H14N2O2. The Kier molecular flexibility index (Phi) is 3.07. The zero-order chi connectivity index (χ0) is 13.3. The number of aromatic carboxylic acids is 1. The molecule has 4 nitrogen and oxygen atoms in total.